The number of carboxylic acids is 1. The van der Waals surface area contributed by atoms with Crippen molar-refractivity contribution in [1.82, 2.24) is 19.5 Å². The fourth-order valence-electron chi connectivity index (χ4n) is 4.80. The minimum Gasteiger partial charge on any atom is -0.756 e. The van der Waals surface area contributed by atoms with E-state index in [0.29, 0.717) is 0 Å². The van der Waals surface area contributed by atoms with E-state index in [-0.39, 0.29) is 22.5 Å². The summed E-state index contributed by atoms with van der Waals surface area (Å²) in [6.07, 6.45) is -8.97. The third-order valence-electron chi connectivity index (χ3n) is 6.94. The summed E-state index contributed by atoms with van der Waals surface area (Å²) in [5.41, 5.74) is 5.59. The molecule has 3 aromatic heterocycles. The summed E-state index contributed by atoms with van der Waals surface area (Å²) in [5.74, 6) is -1.37. The minimum atomic E-state index is -5.79. The number of hydrogen-bond donors (Lipinski definition) is 8. The van der Waals surface area contributed by atoms with Crippen LogP contribution in [0.2, 0.25) is 0 Å². The second kappa shape index (κ2) is 13.8. The third kappa shape index (κ3) is 8.12. The number of anilines is 1. The first-order valence-electron chi connectivity index (χ1n) is 13.3. The number of pyridine rings is 1. The molecule has 2 aliphatic rings. The Kier molecular flexibility index (Phi) is 10.5. The number of aliphatic hydroxyl groups excluding tert-OH is 3. The van der Waals surface area contributed by atoms with Crippen LogP contribution in [0.25, 0.3) is 11.2 Å². The van der Waals surface area contributed by atoms with E-state index >= 15 is 0 Å². The van der Waals surface area contributed by atoms with E-state index in [1.54, 1.807) is 0 Å². The molecule has 5 rings (SSSR count). The molecule has 5 heterocycles. The zero-order chi connectivity index (χ0) is 35.2. The lowest BCUT2D eigenvalue weighted by atomic mass is 10.1. The van der Waals surface area contributed by atoms with Crippen LogP contribution >= 0.6 is 23.5 Å². The Bertz CT molecular complexity index is 1810. The molecule has 3 aromatic rings. The maximum Gasteiger partial charge on any atom is 0.478 e. The van der Waals surface area contributed by atoms with Crippen molar-refractivity contribution in [2.45, 2.75) is 49.1 Å². The maximum atomic E-state index is 12.4. The minimum absolute atomic E-state index is 0.0145. The summed E-state index contributed by atoms with van der Waals surface area (Å²) in [7, 11) is -16.6. The van der Waals surface area contributed by atoms with Gasteiger partial charge in [-0.3, -0.25) is 18.2 Å². The van der Waals surface area contributed by atoms with Gasteiger partial charge in [0.05, 0.1) is 19.5 Å². The van der Waals surface area contributed by atoms with Gasteiger partial charge in [-0.15, -0.1) is 0 Å². The Morgan fingerprint density at radius 2 is 1.71 bits per heavy atom. The van der Waals surface area contributed by atoms with Gasteiger partial charge >= 0.3 is 21.6 Å². The van der Waals surface area contributed by atoms with Crippen LogP contribution in [0, 0.1) is 0 Å². The van der Waals surface area contributed by atoms with Crippen LogP contribution in [-0.4, -0.2) is 110 Å². The molecule has 0 radical (unpaired) electrons. The number of phosphoric acid groups is 3. The molecule has 48 heavy (non-hydrogen) atoms. The zero-order valence-corrected chi connectivity index (χ0v) is 26.5. The van der Waals surface area contributed by atoms with Crippen LogP contribution in [0.1, 0.15) is 22.8 Å². The van der Waals surface area contributed by atoms with Crippen molar-refractivity contribution in [2.75, 3.05) is 18.9 Å². The van der Waals surface area contributed by atoms with Gasteiger partial charge < -0.3 is 59.7 Å². The molecule has 2 saturated heterocycles. The van der Waals surface area contributed by atoms with Crippen molar-refractivity contribution in [3.8, 4) is 0 Å². The molecule has 27 heteroatoms. The fourth-order valence-corrected chi connectivity index (χ4v) is 7.40. The van der Waals surface area contributed by atoms with Gasteiger partial charge in [0, 0.05) is 6.07 Å². The highest BCUT2D eigenvalue weighted by atomic mass is 31.3. The average Bonchev–Trinajstić information content (AvgIpc) is 3.64. The summed E-state index contributed by atoms with van der Waals surface area (Å²) in [4.78, 5) is 64.1. The van der Waals surface area contributed by atoms with Crippen LogP contribution in [-0.2, 0) is 41.1 Å². The number of nitrogens with two attached hydrogens (primary N) is 1. The number of aliphatic hydroxyl groups is 3. The van der Waals surface area contributed by atoms with E-state index in [1.807, 2.05) is 0 Å². The van der Waals surface area contributed by atoms with Crippen molar-refractivity contribution in [2.24, 2.45) is 0 Å². The van der Waals surface area contributed by atoms with Gasteiger partial charge in [0.25, 0.3) is 14.1 Å². The van der Waals surface area contributed by atoms with E-state index in [9.17, 15) is 53.4 Å². The molecule has 10 atom stereocenters. The van der Waals surface area contributed by atoms with Gasteiger partial charge in [0.15, 0.2) is 36.2 Å². The number of carboxylic acid groups (broad SMARTS) is 1. The molecule has 24 nitrogen and oxygen atoms in total. The fraction of sp³-hybridized carbons (Fsp3) is 0.476. The summed E-state index contributed by atoms with van der Waals surface area (Å²) in [6, 6.07) is 2.57. The first-order chi connectivity index (χ1) is 22.4. The van der Waals surface area contributed by atoms with Crippen LogP contribution in [0.5, 0.6) is 0 Å². The zero-order valence-electron chi connectivity index (χ0n) is 23.8. The number of ether oxygens (including phenoxy) is 2. The van der Waals surface area contributed by atoms with Crippen molar-refractivity contribution in [3.63, 3.8) is 0 Å². The molecule has 0 saturated carbocycles. The number of aromatic nitrogens is 5. The number of rotatable bonds is 13. The highest BCUT2D eigenvalue weighted by Gasteiger charge is 2.51. The third-order valence-corrected chi connectivity index (χ3v) is 10.0. The Balaban J connectivity index is 1.21. The summed E-state index contributed by atoms with van der Waals surface area (Å²) in [6.45, 7) is -2.16. The Morgan fingerprint density at radius 3 is 2.40 bits per heavy atom. The molecule has 2 aliphatic heterocycles. The van der Waals surface area contributed by atoms with Crippen molar-refractivity contribution in [3.05, 3.63) is 42.7 Å². The molecule has 9 N–H and O–H groups in total. The number of imidazole rings is 1. The smallest absolute Gasteiger partial charge is 0.478 e. The van der Waals surface area contributed by atoms with Crippen molar-refractivity contribution >= 4 is 46.4 Å². The predicted molar refractivity (Wildman–Crippen MR) is 147 cm³/mol. The van der Waals surface area contributed by atoms with Gasteiger partial charge in [-0.05, 0) is 6.07 Å². The monoisotopic (exact) mass is 744 g/mol. The maximum absolute atomic E-state index is 12.4. The molecular weight excluding hydrogens is 717 g/mol. The highest BCUT2D eigenvalue weighted by Crippen LogP contribution is 2.58. The van der Waals surface area contributed by atoms with Crippen LogP contribution < -0.4 is 15.2 Å². The van der Waals surface area contributed by atoms with Gasteiger partial charge in [0.1, 0.15) is 47.9 Å². The molecule has 0 spiro atoms. The standard InChI is InChI=1S/C21H27N6O18P3/c22-17-12-18(24-7-23-17)27(8-25-12)20-16(44-46(33,34)35)14(29)11(43-20)6-41-48(38,39)45-47(36,37)40-5-10-13(28)15(30)19(42-10)26-3-1-2-9(4-26)21(31)32/h1-4,7-8,10-11,13-16,19-20,28-30H,5-6H2,(H6-,22,23,24,31,32,33,34,35,36,37,38,39). The predicted octanol–water partition coefficient (Wildman–Crippen LogP) is -2.93. The molecular formula is C21H27N6O18P3. The van der Waals surface area contributed by atoms with Crippen LogP contribution in [0.15, 0.2) is 37.2 Å². The van der Waals surface area contributed by atoms with E-state index < -0.39 is 91.7 Å². The average molecular weight is 744 g/mol. The Hall–Kier alpha value is -2.86. The summed E-state index contributed by atoms with van der Waals surface area (Å²) < 4.78 is 67.7. The molecule has 0 aliphatic carbocycles. The van der Waals surface area contributed by atoms with Gasteiger partial charge in [-0.25, -0.2) is 33.2 Å². The number of phosphoric ester groups is 3. The Labute approximate surface area is 267 Å². The van der Waals surface area contributed by atoms with Crippen LogP contribution in [0.4, 0.5) is 5.82 Å². The summed E-state index contributed by atoms with van der Waals surface area (Å²) >= 11 is 0. The molecule has 10 unspecified atom stereocenters. The number of aromatic carboxylic acids is 1. The topological polar surface area (TPSA) is 362 Å². The van der Waals surface area contributed by atoms with Crippen molar-refractivity contribution < 1.29 is 90.4 Å². The van der Waals surface area contributed by atoms with E-state index in [0.717, 1.165) is 28.0 Å². The molecule has 2 fully saturated rings. The quantitative estimate of drug-likeness (QED) is 0.0641. The molecule has 0 aromatic carbocycles. The Morgan fingerprint density at radius 1 is 1.02 bits per heavy atom. The number of hydrogen-bond acceptors (Lipinski definition) is 18. The lowest BCUT2D eigenvalue weighted by molar-refractivity contribution is -0.765. The number of carbonyl (C=O) groups is 1. The van der Waals surface area contributed by atoms with Crippen LogP contribution in [0.3, 0.4) is 0 Å². The van der Waals surface area contributed by atoms with E-state index in [1.165, 1.54) is 18.3 Å². The van der Waals surface area contributed by atoms with Gasteiger partial charge in [-0.2, -0.15) is 4.57 Å². The molecule has 0 amide bonds. The second-order valence-corrected chi connectivity index (χ2v) is 14.4. The highest BCUT2D eigenvalue weighted by molar-refractivity contribution is 7.60. The lowest BCUT2D eigenvalue weighted by Crippen LogP contribution is -2.46. The second-order valence-electron chi connectivity index (χ2n) is 10.2. The van der Waals surface area contributed by atoms with E-state index in [4.69, 9.17) is 20.3 Å². The number of nitrogens with zero attached hydrogens (tertiary/aromatic N) is 5. The lowest BCUT2D eigenvalue weighted by Gasteiger charge is -2.26. The molecule has 264 valence electrons. The first-order valence-corrected chi connectivity index (χ1v) is 17.7. The first kappa shape index (κ1) is 36.4. The van der Waals surface area contributed by atoms with Gasteiger partial charge in [0.2, 0.25) is 0 Å². The largest absolute Gasteiger partial charge is 0.756 e. The molecule has 0 bridgehead atoms. The normalized spacial score (nSPS) is 30.3. The van der Waals surface area contributed by atoms with Gasteiger partial charge in [-0.1, -0.05) is 0 Å². The number of nitrogen functional groups attached to an aromatic ring is 1. The SMILES string of the molecule is Nc1ncnc2c1ncn2C1OC(COP(=O)([O-])OP(=O)(O)OCC2OC([n+]3cccc(C(=O)O)c3)C(O)C2O)C(O)C1OP(=O)(O)O. The van der Waals surface area contributed by atoms with E-state index in [2.05, 4.69) is 32.8 Å². The van der Waals surface area contributed by atoms with Crippen molar-refractivity contribution in [1.29, 1.82) is 0 Å². The number of fused-ring (bicyclic) bond motifs is 1. The summed E-state index contributed by atoms with van der Waals surface area (Å²) in [5, 5.41) is 40.6.